The number of nitrogens with zero attached hydrogens (tertiary/aromatic N) is 2. The second kappa shape index (κ2) is 10.4. The third-order valence-electron chi connectivity index (χ3n) is 3.91. The number of allylic oxidation sites excluding steroid dienone is 3. The van der Waals surface area contributed by atoms with Gasteiger partial charge in [0.05, 0.1) is 18.4 Å². The lowest BCUT2D eigenvalue weighted by atomic mass is 10.1. The Kier molecular flexibility index (Phi) is 8.55. The molecule has 0 saturated heterocycles. The monoisotopic (exact) mass is 359 g/mol. The first-order valence-electron chi connectivity index (χ1n) is 8.84. The molecule has 0 aromatic heterocycles. The molecule has 0 radical (unpaired) electrons. The van der Waals surface area contributed by atoms with Gasteiger partial charge >= 0.3 is 5.97 Å². The molecule has 0 aliphatic carbocycles. The van der Waals surface area contributed by atoms with E-state index in [1.165, 1.54) is 13.2 Å². The summed E-state index contributed by atoms with van der Waals surface area (Å²) in [7, 11) is 1.30. The van der Waals surface area contributed by atoms with Gasteiger partial charge in [-0.2, -0.15) is 0 Å². The number of ether oxygens (including phenoxy) is 1. The minimum atomic E-state index is -0.504. The molecule has 6 heteroatoms. The fraction of sp³-hybridized carbons (Fsp3) is 0.450. The van der Waals surface area contributed by atoms with Crippen molar-refractivity contribution >= 4 is 17.7 Å². The maximum absolute atomic E-state index is 12.9. The molecule has 142 valence electrons. The van der Waals surface area contributed by atoms with E-state index >= 15 is 0 Å². The second-order valence-corrected chi connectivity index (χ2v) is 6.11. The van der Waals surface area contributed by atoms with Crippen LogP contribution >= 0.6 is 0 Å². The molecule has 6 nitrogen and oxygen atoms in total. The van der Waals surface area contributed by atoms with E-state index in [2.05, 4.69) is 11.6 Å². The van der Waals surface area contributed by atoms with Crippen LogP contribution in [0.15, 0.2) is 52.2 Å². The van der Waals surface area contributed by atoms with Crippen LogP contribution < -0.4 is 5.73 Å². The topological polar surface area (TPSA) is 85.0 Å². The van der Waals surface area contributed by atoms with Crippen LogP contribution in [-0.2, 0) is 14.3 Å². The Balaban J connectivity index is 3.29. The zero-order chi connectivity index (χ0) is 19.7. The molecule has 0 aromatic rings. The van der Waals surface area contributed by atoms with E-state index < -0.39 is 5.97 Å². The van der Waals surface area contributed by atoms with Crippen molar-refractivity contribution < 1.29 is 14.3 Å². The SMILES string of the molecule is C=C/C(=C\C1=C(C)C=C(C(=O)N(CCC)CCC)CC(N)=N1)C(=O)OC. The highest BCUT2D eigenvalue weighted by Gasteiger charge is 2.20. The Morgan fingerprint density at radius 3 is 2.46 bits per heavy atom. The normalized spacial score (nSPS) is 15.0. The van der Waals surface area contributed by atoms with Gasteiger partial charge in [-0.3, -0.25) is 4.79 Å². The summed E-state index contributed by atoms with van der Waals surface area (Å²) in [6, 6.07) is 0. The molecular weight excluding hydrogens is 330 g/mol. The highest BCUT2D eigenvalue weighted by Crippen LogP contribution is 2.21. The van der Waals surface area contributed by atoms with E-state index in [4.69, 9.17) is 10.5 Å². The van der Waals surface area contributed by atoms with Gasteiger partial charge in [-0.15, -0.1) is 0 Å². The molecule has 0 atom stereocenters. The molecule has 26 heavy (non-hydrogen) atoms. The summed E-state index contributed by atoms with van der Waals surface area (Å²) >= 11 is 0. The maximum Gasteiger partial charge on any atom is 0.337 e. The molecule has 0 unspecified atom stereocenters. The number of hydrogen-bond acceptors (Lipinski definition) is 5. The van der Waals surface area contributed by atoms with Crippen LogP contribution in [0.1, 0.15) is 40.0 Å². The van der Waals surface area contributed by atoms with Crippen LogP contribution in [-0.4, -0.2) is 42.8 Å². The summed E-state index contributed by atoms with van der Waals surface area (Å²) in [4.78, 5) is 30.8. The van der Waals surface area contributed by atoms with E-state index in [1.54, 1.807) is 12.2 Å². The molecule has 1 heterocycles. The van der Waals surface area contributed by atoms with Gasteiger partial charge in [-0.05, 0) is 37.5 Å². The van der Waals surface area contributed by atoms with Crippen LogP contribution in [0.5, 0.6) is 0 Å². The van der Waals surface area contributed by atoms with Crippen molar-refractivity contribution in [1.82, 2.24) is 4.90 Å². The van der Waals surface area contributed by atoms with Gasteiger partial charge in [0.25, 0.3) is 0 Å². The van der Waals surface area contributed by atoms with Crippen LogP contribution in [0, 0.1) is 0 Å². The summed E-state index contributed by atoms with van der Waals surface area (Å²) < 4.78 is 4.73. The van der Waals surface area contributed by atoms with Crippen molar-refractivity contribution in [3.05, 3.63) is 47.2 Å². The molecule has 0 saturated carbocycles. The molecule has 1 rings (SSSR count). The van der Waals surface area contributed by atoms with Crippen LogP contribution in [0.3, 0.4) is 0 Å². The number of aliphatic imine (C=N–C) groups is 1. The molecular formula is C20H29N3O3. The van der Waals surface area contributed by atoms with Crippen molar-refractivity contribution in [2.75, 3.05) is 20.2 Å². The maximum atomic E-state index is 12.9. The third-order valence-corrected chi connectivity index (χ3v) is 3.91. The van der Waals surface area contributed by atoms with Gasteiger partial charge in [0, 0.05) is 25.1 Å². The summed E-state index contributed by atoms with van der Waals surface area (Å²) in [5.74, 6) is -0.196. The Hall–Kier alpha value is -2.63. The zero-order valence-electron chi connectivity index (χ0n) is 16.2. The number of esters is 1. The third kappa shape index (κ3) is 5.72. The lowest BCUT2D eigenvalue weighted by molar-refractivity contribution is -0.135. The van der Waals surface area contributed by atoms with E-state index in [-0.39, 0.29) is 17.9 Å². The van der Waals surface area contributed by atoms with Gasteiger partial charge in [-0.1, -0.05) is 26.5 Å². The lowest BCUT2D eigenvalue weighted by Crippen LogP contribution is -2.34. The molecule has 0 bridgehead atoms. The van der Waals surface area contributed by atoms with Crippen molar-refractivity contribution in [2.45, 2.75) is 40.0 Å². The molecule has 0 fully saturated rings. The van der Waals surface area contributed by atoms with Crippen molar-refractivity contribution in [1.29, 1.82) is 0 Å². The van der Waals surface area contributed by atoms with Gasteiger partial charge in [0.15, 0.2) is 0 Å². The summed E-state index contributed by atoms with van der Waals surface area (Å²) in [5, 5.41) is 0. The first-order chi connectivity index (χ1) is 12.4. The Bertz CT molecular complexity index is 678. The summed E-state index contributed by atoms with van der Waals surface area (Å²) in [6.45, 7) is 11.0. The van der Waals surface area contributed by atoms with Crippen molar-refractivity contribution in [2.24, 2.45) is 10.7 Å². The van der Waals surface area contributed by atoms with Crippen LogP contribution in [0.25, 0.3) is 0 Å². The van der Waals surface area contributed by atoms with Crippen molar-refractivity contribution in [3.8, 4) is 0 Å². The quantitative estimate of drug-likeness (QED) is 0.410. The average molecular weight is 359 g/mol. The highest BCUT2D eigenvalue weighted by atomic mass is 16.5. The number of rotatable bonds is 8. The number of carbonyl (C=O) groups excluding carboxylic acids is 2. The van der Waals surface area contributed by atoms with Crippen LogP contribution in [0.4, 0.5) is 0 Å². The highest BCUT2D eigenvalue weighted by molar-refractivity contribution is 6.01. The second-order valence-electron chi connectivity index (χ2n) is 6.11. The lowest BCUT2D eigenvalue weighted by Gasteiger charge is -2.22. The van der Waals surface area contributed by atoms with Gasteiger partial charge in [0.1, 0.15) is 5.84 Å². The number of hydrogen-bond donors (Lipinski definition) is 1. The van der Waals surface area contributed by atoms with E-state index in [0.717, 1.165) is 18.4 Å². The molecule has 0 spiro atoms. The minimum absolute atomic E-state index is 0.0201. The molecule has 0 aromatic carbocycles. The summed E-state index contributed by atoms with van der Waals surface area (Å²) in [5.41, 5.74) is 8.18. The fourth-order valence-electron chi connectivity index (χ4n) is 2.67. The van der Waals surface area contributed by atoms with E-state index in [0.29, 0.717) is 30.2 Å². The number of amidine groups is 1. The number of nitrogens with two attached hydrogens (primary N) is 1. The van der Waals surface area contributed by atoms with E-state index in [9.17, 15) is 9.59 Å². The van der Waals surface area contributed by atoms with Crippen molar-refractivity contribution in [3.63, 3.8) is 0 Å². The number of methoxy groups -OCH3 is 1. The predicted molar refractivity (Wildman–Crippen MR) is 104 cm³/mol. The Labute approximate surface area is 155 Å². The predicted octanol–water partition coefficient (Wildman–Crippen LogP) is 2.88. The molecule has 1 amide bonds. The minimum Gasteiger partial charge on any atom is -0.465 e. The fourth-order valence-corrected chi connectivity index (χ4v) is 2.67. The molecule has 1 aliphatic rings. The Morgan fingerprint density at radius 1 is 1.35 bits per heavy atom. The zero-order valence-corrected chi connectivity index (χ0v) is 16.2. The smallest absolute Gasteiger partial charge is 0.337 e. The largest absolute Gasteiger partial charge is 0.465 e. The van der Waals surface area contributed by atoms with Crippen LogP contribution in [0.2, 0.25) is 0 Å². The van der Waals surface area contributed by atoms with Gasteiger partial charge in [0.2, 0.25) is 5.91 Å². The van der Waals surface area contributed by atoms with Gasteiger partial charge in [-0.25, -0.2) is 9.79 Å². The first-order valence-corrected chi connectivity index (χ1v) is 8.84. The van der Waals surface area contributed by atoms with E-state index in [1.807, 2.05) is 25.7 Å². The average Bonchev–Trinajstić information content (AvgIpc) is 2.76. The summed E-state index contributed by atoms with van der Waals surface area (Å²) in [6.07, 6.45) is 6.84. The number of carbonyl (C=O) groups is 2. The number of amides is 1. The Morgan fingerprint density at radius 2 is 1.96 bits per heavy atom. The first kappa shape index (κ1) is 21.4. The molecule has 2 N–H and O–H groups in total. The molecule has 1 aliphatic heterocycles. The van der Waals surface area contributed by atoms with Gasteiger partial charge < -0.3 is 15.4 Å². The standard InChI is InChI=1S/C20H29N3O3/c1-6-9-23(10-7-2)19(24)16-11-14(4)17(22-18(21)13-16)12-15(8-3)20(25)26-5/h8,11-12H,3,6-7,9-10,13H2,1-2,4-5H3,(H2,21,22)/b15-12+.